The molecule has 30 heavy (non-hydrogen) atoms. The van der Waals surface area contributed by atoms with Gasteiger partial charge in [-0.25, -0.2) is 8.78 Å². The molecule has 162 valence electrons. The molecule has 0 radical (unpaired) electrons. The van der Waals surface area contributed by atoms with Gasteiger partial charge in [-0.2, -0.15) is 13.2 Å². The van der Waals surface area contributed by atoms with Crippen LogP contribution in [0.25, 0.3) is 5.70 Å². The first-order valence-electron chi connectivity index (χ1n) is 9.92. The summed E-state index contributed by atoms with van der Waals surface area (Å²) >= 11 is 0. The number of alkyl halides is 3. The molecular weight excluding hydrogens is 399 g/mol. The van der Waals surface area contributed by atoms with Crippen molar-refractivity contribution in [1.29, 1.82) is 0 Å². The van der Waals surface area contributed by atoms with Crippen molar-refractivity contribution in [3.8, 4) is 0 Å². The topological polar surface area (TPSA) is 15.3 Å². The third-order valence-electron chi connectivity index (χ3n) is 5.66. The van der Waals surface area contributed by atoms with Crippen LogP contribution < -0.4 is 5.32 Å². The van der Waals surface area contributed by atoms with E-state index in [1.165, 1.54) is 24.3 Å². The standard InChI is InChI=1S/C23H25F5N2/c1-4-15-13-30(3)21(12-18(15)23(26,27)28)16-8-10-17(11-9-16)29-14(2)22-19(24)6-5-7-20(22)25/h5-12,14-15,18,29H,4,13H2,1-3H3. The number of hydrogen-bond donors (Lipinski definition) is 1. The number of allylic oxidation sites excluding steroid dienone is 1. The predicted molar refractivity (Wildman–Crippen MR) is 109 cm³/mol. The predicted octanol–water partition coefficient (Wildman–Crippen LogP) is 6.63. The highest BCUT2D eigenvalue weighted by atomic mass is 19.4. The van der Waals surface area contributed by atoms with E-state index in [0.717, 1.165) is 0 Å². The fraction of sp³-hybridized carbons (Fsp3) is 0.391. The van der Waals surface area contributed by atoms with Crippen LogP contribution in [0.4, 0.5) is 27.6 Å². The quantitative estimate of drug-likeness (QED) is 0.542. The van der Waals surface area contributed by atoms with Crippen molar-refractivity contribution in [2.24, 2.45) is 11.8 Å². The van der Waals surface area contributed by atoms with Crippen molar-refractivity contribution in [2.45, 2.75) is 32.5 Å². The first-order valence-corrected chi connectivity index (χ1v) is 9.92. The molecule has 3 unspecified atom stereocenters. The minimum absolute atomic E-state index is 0.0603. The Labute approximate surface area is 173 Å². The molecule has 2 aromatic carbocycles. The van der Waals surface area contributed by atoms with Crippen LogP contribution in [-0.2, 0) is 0 Å². The van der Waals surface area contributed by atoms with Gasteiger partial charge in [-0.05, 0) is 48.7 Å². The van der Waals surface area contributed by atoms with Gasteiger partial charge in [0.15, 0.2) is 0 Å². The Hall–Kier alpha value is -2.57. The Morgan fingerprint density at radius 2 is 1.67 bits per heavy atom. The van der Waals surface area contributed by atoms with Gasteiger partial charge in [-0.1, -0.05) is 31.5 Å². The maximum Gasteiger partial charge on any atom is 0.395 e. The summed E-state index contributed by atoms with van der Waals surface area (Å²) in [5, 5.41) is 3.04. The molecule has 0 saturated carbocycles. The second kappa shape index (κ2) is 8.66. The highest BCUT2D eigenvalue weighted by molar-refractivity contribution is 5.67. The summed E-state index contributed by atoms with van der Waals surface area (Å²) in [6.07, 6.45) is -2.53. The van der Waals surface area contributed by atoms with Gasteiger partial charge >= 0.3 is 6.18 Å². The zero-order chi connectivity index (χ0) is 22.1. The summed E-state index contributed by atoms with van der Waals surface area (Å²) in [5.41, 5.74) is 1.75. The van der Waals surface area contributed by atoms with Crippen LogP contribution in [0, 0.1) is 23.5 Å². The van der Waals surface area contributed by atoms with Crippen molar-refractivity contribution in [2.75, 3.05) is 18.9 Å². The highest BCUT2D eigenvalue weighted by Crippen LogP contribution is 2.41. The van der Waals surface area contributed by atoms with Gasteiger partial charge in [0.05, 0.1) is 12.0 Å². The SMILES string of the molecule is CCC1CN(C)C(c2ccc(NC(C)c3c(F)cccc3F)cc2)=CC1C(F)(F)F. The molecule has 0 aliphatic carbocycles. The molecule has 3 atom stereocenters. The number of nitrogens with one attached hydrogen (secondary N) is 1. The van der Waals surface area contributed by atoms with E-state index in [0.29, 0.717) is 29.9 Å². The average molecular weight is 424 g/mol. The van der Waals surface area contributed by atoms with Crippen molar-refractivity contribution < 1.29 is 22.0 Å². The molecule has 0 bridgehead atoms. The van der Waals surface area contributed by atoms with E-state index >= 15 is 0 Å². The normalized spacial score (nSPS) is 20.7. The Morgan fingerprint density at radius 3 is 2.20 bits per heavy atom. The zero-order valence-electron chi connectivity index (χ0n) is 17.1. The first-order chi connectivity index (χ1) is 14.1. The van der Waals surface area contributed by atoms with Crippen LogP contribution in [0.5, 0.6) is 0 Å². The lowest BCUT2D eigenvalue weighted by Gasteiger charge is -2.37. The van der Waals surface area contributed by atoms with Gasteiger partial charge in [-0.3, -0.25) is 0 Å². The molecule has 7 heteroatoms. The summed E-state index contributed by atoms with van der Waals surface area (Å²) in [7, 11) is 1.79. The monoisotopic (exact) mass is 424 g/mol. The van der Waals surface area contributed by atoms with Crippen LogP contribution >= 0.6 is 0 Å². The molecule has 1 aliphatic rings. The van der Waals surface area contributed by atoms with E-state index in [4.69, 9.17) is 0 Å². The molecule has 1 aliphatic heterocycles. The third kappa shape index (κ3) is 4.60. The summed E-state index contributed by atoms with van der Waals surface area (Å²) in [5.74, 6) is -3.22. The number of hydrogen-bond acceptors (Lipinski definition) is 2. The van der Waals surface area contributed by atoms with Gasteiger partial charge in [-0.15, -0.1) is 0 Å². The minimum atomic E-state index is -4.28. The van der Waals surface area contributed by atoms with E-state index in [1.54, 1.807) is 45.2 Å². The zero-order valence-corrected chi connectivity index (χ0v) is 17.1. The van der Waals surface area contributed by atoms with E-state index in [2.05, 4.69) is 5.32 Å². The van der Waals surface area contributed by atoms with Crippen molar-refractivity contribution in [1.82, 2.24) is 4.90 Å². The number of benzene rings is 2. The second-order valence-corrected chi connectivity index (χ2v) is 7.75. The molecule has 3 rings (SSSR count). The van der Waals surface area contributed by atoms with Crippen LogP contribution in [0.3, 0.4) is 0 Å². The largest absolute Gasteiger partial charge is 0.395 e. The Kier molecular flexibility index (Phi) is 6.38. The Bertz CT molecular complexity index is 885. The fourth-order valence-corrected chi connectivity index (χ4v) is 4.04. The van der Waals surface area contributed by atoms with Crippen molar-refractivity contribution in [3.05, 3.63) is 71.3 Å². The van der Waals surface area contributed by atoms with E-state index < -0.39 is 35.7 Å². The van der Waals surface area contributed by atoms with E-state index in [-0.39, 0.29) is 5.56 Å². The van der Waals surface area contributed by atoms with Gasteiger partial charge in [0.25, 0.3) is 0 Å². The molecule has 1 heterocycles. The lowest BCUT2D eigenvalue weighted by Crippen LogP contribution is -2.40. The van der Waals surface area contributed by atoms with Gasteiger partial charge in [0.2, 0.25) is 0 Å². The average Bonchev–Trinajstić information content (AvgIpc) is 2.67. The first kappa shape index (κ1) is 22.1. The molecule has 0 fully saturated rings. The summed E-state index contributed by atoms with van der Waals surface area (Å²) in [6, 6.07) is 9.93. The molecule has 0 amide bonds. The molecule has 0 spiro atoms. The number of anilines is 1. The lowest BCUT2D eigenvalue weighted by molar-refractivity contribution is -0.176. The third-order valence-corrected chi connectivity index (χ3v) is 5.66. The summed E-state index contributed by atoms with van der Waals surface area (Å²) in [4.78, 5) is 1.84. The van der Waals surface area contributed by atoms with E-state index in [1.807, 2.05) is 4.90 Å². The molecule has 1 N–H and O–H groups in total. The van der Waals surface area contributed by atoms with Crippen molar-refractivity contribution >= 4 is 11.4 Å². The van der Waals surface area contributed by atoms with Crippen LogP contribution in [0.2, 0.25) is 0 Å². The Balaban J connectivity index is 1.82. The number of halogens is 5. The smallest absolute Gasteiger partial charge is 0.378 e. The van der Waals surface area contributed by atoms with Gasteiger partial charge < -0.3 is 10.2 Å². The number of rotatable bonds is 5. The number of nitrogens with zero attached hydrogens (tertiary/aromatic N) is 1. The summed E-state index contributed by atoms with van der Waals surface area (Å²) in [6.45, 7) is 3.75. The Morgan fingerprint density at radius 1 is 1.07 bits per heavy atom. The maximum atomic E-state index is 14.0. The summed E-state index contributed by atoms with van der Waals surface area (Å²) < 4.78 is 68.4. The van der Waals surface area contributed by atoms with Gasteiger partial charge in [0, 0.05) is 30.5 Å². The maximum absolute atomic E-state index is 14.0. The van der Waals surface area contributed by atoms with E-state index in [9.17, 15) is 22.0 Å². The van der Waals surface area contributed by atoms with Crippen LogP contribution in [0.15, 0.2) is 48.5 Å². The second-order valence-electron chi connectivity index (χ2n) is 7.75. The van der Waals surface area contributed by atoms with Gasteiger partial charge in [0.1, 0.15) is 11.6 Å². The lowest BCUT2D eigenvalue weighted by atomic mass is 9.84. The van der Waals surface area contributed by atoms with Crippen LogP contribution in [-0.4, -0.2) is 24.7 Å². The molecule has 2 nitrogen and oxygen atoms in total. The molecule has 2 aromatic rings. The minimum Gasteiger partial charge on any atom is -0.378 e. The molecule has 0 saturated heterocycles. The fourth-order valence-electron chi connectivity index (χ4n) is 4.04. The molecular formula is C23H25F5N2. The highest BCUT2D eigenvalue weighted by Gasteiger charge is 2.45. The van der Waals surface area contributed by atoms with Crippen molar-refractivity contribution in [3.63, 3.8) is 0 Å². The van der Waals surface area contributed by atoms with Crippen LogP contribution in [0.1, 0.15) is 37.4 Å². The molecule has 0 aromatic heterocycles.